The van der Waals surface area contributed by atoms with E-state index < -0.39 is 10.8 Å². The number of alkyl halides is 1. The standard InChI is InChI=1S/C14H12BrNO3/c1-9(17)14(15)12-3-2-10(4-5-13(18)19)11(8-12)6-7-16/h2-5,8,14H,6H2,1H3,(H,18,19)/b5-4+. The van der Waals surface area contributed by atoms with Crippen LogP contribution >= 0.6 is 15.9 Å². The molecule has 0 aromatic heterocycles. The number of ketones is 1. The maximum atomic E-state index is 11.3. The molecule has 1 aromatic carbocycles. The average molecular weight is 322 g/mol. The van der Waals surface area contributed by atoms with Gasteiger partial charge in [-0.05, 0) is 29.7 Å². The minimum absolute atomic E-state index is 0.0308. The molecule has 98 valence electrons. The molecule has 0 radical (unpaired) electrons. The van der Waals surface area contributed by atoms with E-state index in [1.807, 2.05) is 6.07 Å². The van der Waals surface area contributed by atoms with Gasteiger partial charge in [-0.25, -0.2) is 4.79 Å². The second-order valence-corrected chi connectivity index (χ2v) is 4.85. The Morgan fingerprint density at radius 3 is 2.74 bits per heavy atom. The number of benzene rings is 1. The molecule has 0 aliphatic heterocycles. The Morgan fingerprint density at radius 2 is 2.21 bits per heavy atom. The van der Waals surface area contributed by atoms with Gasteiger partial charge in [0.15, 0.2) is 0 Å². The Bertz CT molecular complexity index is 573. The molecule has 4 nitrogen and oxygen atoms in total. The van der Waals surface area contributed by atoms with Crippen molar-refractivity contribution in [2.45, 2.75) is 18.2 Å². The van der Waals surface area contributed by atoms with Crippen LogP contribution in [0.2, 0.25) is 0 Å². The van der Waals surface area contributed by atoms with E-state index in [4.69, 9.17) is 10.4 Å². The Morgan fingerprint density at radius 1 is 1.53 bits per heavy atom. The molecule has 0 spiro atoms. The number of nitriles is 1. The second kappa shape index (κ2) is 6.86. The summed E-state index contributed by atoms with van der Waals surface area (Å²) in [5.41, 5.74) is 2.12. The van der Waals surface area contributed by atoms with Crippen molar-refractivity contribution in [3.63, 3.8) is 0 Å². The molecule has 0 aliphatic carbocycles. The SMILES string of the molecule is CC(=O)C(Br)c1ccc(/C=C/C(=O)O)c(CC#N)c1. The average Bonchev–Trinajstić information content (AvgIpc) is 2.36. The largest absolute Gasteiger partial charge is 0.478 e. The van der Waals surface area contributed by atoms with Crippen molar-refractivity contribution in [3.8, 4) is 6.07 Å². The first-order valence-corrected chi connectivity index (χ1v) is 6.42. The number of carbonyl (C=O) groups excluding carboxylic acids is 1. The van der Waals surface area contributed by atoms with Crippen LogP contribution in [-0.4, -0.2) is 16.9 Å². The zero-order valence-corrected chi connectivity index (χ0v) is 11.8. The van der Waals surface area contributed by atoms with Crippen LogP contribution in [0.1, 0.15) is 28.4 Å². The topological polar surface area (TPSA) is 78.2 Å². The molecule has 0 heterocycles. The van der Waals surface area contributed by atoms with E-state index in [9.17, 15) is 9.59 Å². The van der Waals surface area contributed by atoms with Crippen molar-refractivity contribution in [3.05, 3.63) is 41.0 Å². The summed E-state index contributed by atoms with van der Waals surface area (Å²) >= 11 is 3.28. The summed E-state index contributed by atoms with van der Waals surface area (Å²) in [4.78, 5) is 21.4. The minimum Gasteiger partial charge on any atom is -0.478 e. The quantitative estimate of drug-likeness (QED) is 0.668. The molecule has 1 rings (SSSR count). The van der Waals surface area contributed by atoms with Crippen LogP contribution in [0.4, 0.5) is 0 Å². The van der Waals surface area contributed by atoms with Gasteiger partial charge in [-0.1, -0.05) is 34.1 Å². The Labute approximate surface area is 119 Å². The van der Waals surface area contributed by atoms with Crippen molar-refractivity contribution in [2.75, 3.05) is 0 Å². The van der Waals surface area contributed by atoms with E-state index in [1.165, 1.54) is 13.0 Å². The highest BCUT2D eigenvalue weighted by atomic mass is 79.9. The summed E-state index contributed by atoms with van der Waals surface area (Å²) in [5.74, 6) is -1.08. The summed E-state index contributed by atoms with van der Waals surface area (Å²) in [6.45, 7) is 1.47. The molecule has 1 atom stereocenters. The van der Waals surface area contributed by atoms with Gasteiger partial charge in [-0.3, -0.25) is 4.79 Å². The lowest BCUT2D eigenvalue weighted by Crippen LogP contribution is -2.02. The maximum absolute atomic E-state index is 11.3. The van der Waals surface area contributed by atoms with Crippen molar-refractivity contribution < 1.29 is 14.7 Å². The fourth-order valence-corrected chi connectivity index (χ4v) is 1.86. The number of carbonyl (C=O) groups is 2. The number of Topliss-reactive ketones (excluding diaryl/α,β-unsaturated/α-hetero) is 1. The lowest BCUT2D eigenvalue weighted by Gasteiger charge is -2.10. The highest BCUT2D eigenvalue weighted by molar-refractivity contribution is 9.09. The predicted molar refractivity (Wildman–Crippen MR) is 74.8 cm³/mol. The molecule has 0 saturated carbocycles. The van der Waals surface area contributed by atoms with Gasteiger partial charge in [-0.2, -0.15) is 5.26 Å². The first-order chi connectivity index (χ1) is 8.95. The van der Waals surface area contributed by atoms with Crippen molar-refractivity contribution in [2.24, 2.45) is 0 Å². The third-order valence-electron chi connectivity index (χ3n) is 2.49. The van der Waals surface area contributed by atoms with Crippen LogP contribution in [0.25, 0.3) is 6.08 Å². The van der Waals surface area contributed by atoms with Gasteiger partial charge in [0, 0.05) is 6.08 Å². The van der Waals surface area contributed by atoms with Crippen molar-refractivity contribution in [1.29, 1.82) is 5.26 Å². The number of hydrogen-bond donors (Lipinski definition) is 1. The molecule has 0 aliphatic rings. The lowest BCUT2D eigenvalue weighted by atomic mass is 9.99. The molecule has 5 heteroatoms. The monoisotopic (exact) mass is 321 g/mol. The van der Waals surface area contributed by atoms with Gasteiger partial charge in [0.25, 0.3) is 0 Å². The number of carboxylic acids is 1. The van der Waals surface area contributed by atoms with Gasteiger partial charge in [0.2, 0.25) is 0 Å². The number of halogens is 1. The number of rotatable bonds is 5. The Hall–Kier alpha value is -1.93. The van der Waals surface area contributed by atoms with Crippen LogP contribution in [-0.2, 0) is 16.0 Å². The predicted octanol–water partition coefficient (Wildman–Crippen LogP) is 2.88. The van der Waals surface area contributed by atoms with E-state index in [-0.39, 0.29) is 12.2 Å². The van der Waals surface area contributed by atoms with Crippen molar-refractivity contribution in [1.82, 2.24) is 0 Å². The van der Waals surface area contributed by atoms with Crippen molar-refractivity contribution >= 4 is 33.8 Å². The van der Waals surface area contributed by atoms with Gasteiger partial charge in [0.05, 0.1) is 17.3 Å². The fraction of sp³-hybridized carbons (Fsp3) is 0.214. The normalized spacial score (nSPS) is 12.1. The van der Waals surface area contributed by atoms with E-state index in [0.717, 1.165) is 11.6 Å². The zero-order valence-electron chi connectivity index (χ0n) is 10.3. The summed E-state index contributed by atoms with van der Waals surface area (Å²) in [7, 11) is 0. The first kappa shape index (κ1) is 15.1. The summed E-state index contributed by atoms with van der Waals surface area (Å²) in [5, 5.41) is 17.4. The maximum Gasteiger partial charge on any atom is 0.328 e. The van der Waals surface area contributed by atoms with E-state index >= 15 is 0 Å². The minimum atomic E-state index is -1.05. The summed E-state index contributed by atoms with van der Waals surface area (Å²) in [6, 6.07) is 7.21. The number of aliphatic carboxylic acids is 1. The molecular formula is C14H12BrNO3. The molecule has 0 saturated heterocycles. The van der Waals surface area contributed by atoms with E-state index in [1.54, 1.807) is 18.2 Å². The van der Waals surface area contributed by atoms with Crippen LogP contribution in [0.5, 0.6) is 0 Å². The molecule has 0 fully saturated rings. The number of carboxylic acid groups (broad SMARTS) is 1. The summed E-state index contributed by atoms with van der Waals surface area (Å²) in [6.07, 6.45) is 2.62. The van der Waals surface area contributed by atoms with Gasteiger partial charge in [-0.15, -0.1) is 0 Å². The fourth-order valence-electron chi connectivity index (χ4n) is 1.58. The van der Waals surface area contributed by atoms with Gasteiger partial charge >= 0.3 is 5.97 Å². The van der Waals surface area contributed by atoms with E-state index in [0.29, 0.717) is 11.1 Å². The third kappa shape index (κ3) is 4.34. The third-order valence-corrected chi connectivity index (χ3v) is 3.66. The highest BCUT2D eigenvalue weighted by Gasteiger charge is 2.14. The molecule has 1 unspecified atom stereocenters. The number of nitrogens with zero attached hydrogens (tertiary/aromatic N) is 1. The van der Waals surface area contributed by atoms with Crippen LogP contribution in [0, 0.1) is 11.3 Å². The molecule has 19 heavy (non-hydrogen) atoms. The number of hydrogen-bond acceptors (Lipinski definition) is 3. The molecular weight excluding hydrogens is 310 g/mol. The molecule has 0 amide bonds. The zero-order chi connectivity index (χ0) is 14.4. The second-order valence-electron chi connectivity index (χ2n) is 3.94. The Kier molecular flexibility index (Phi) is 5.46. The molecule has 0 bridgehead atoms. The summed E-state index contributed by atoms with van der Waals surface area (Å²) < 4.78 is 0. The van der Waals surface area contributed by atoms with Gasteiger partial charge in [0.1, 0.15) is 5.78 Å². The molecule has 1 N–H and O–H groups in total. The van der Waals surface area contributed by atoms with Crippen LogP contribution in [0.15, 0.2) is 24.3 Å². The van der Waals surface area contributed by atoms with E-state index in [2.05, 4.69) is 15.9 Å². The van der Waals surface area contributed by atoms with Crippen LogP contribution in [0.3, 0.4) is 0 Å². The van der Waals surface area contributed by atoms with Gasteiger partial charge < -0.3 is 5.11 Å². The molecule has 1 aromatic rings. The highest BCUT2D eigenvalue weighted by Crippen LogP contribution is 2.26. The Balaban J connectivity index is 3.18. The lowest BCUT2D eigenvalue weighted by molar-refractivity contribution is -0.131. The smallest absolute Gasteiger partial charge is 0.328 e. The van der Waals surface area contributed by atoms with Crippen LogP contribution < -0.4 is 0 Å². The first-order valence-electron chi connectivity index (χ1n) is 5.51.